The standard InChI is InChI=1S/C13H21NO/c1-11-4-2-6-13(8-11,10-14)9-12-5-3-7-15-12/h3,5,7,11H,2,4,6,8-10,14H2,1H3. The second-order valence-corrected chi connectivity index (χ2v) is 5.16. The zero-order chi connectivity index (χ0) is 10.7. The van der Waals surface area contributed by atoms with Crippen molar-refractivity contribution in [3.63, 3.8) is 0 Å². The Hall–Kier alpha value is -0.760. The van der Waals surface area contributed by atoms with Crippen LogP contribution in [-0.2, 0) is 6.42 Å². The largest absolute Gasteiger partial charge is 0.469 e. The van der Waals surface area contributed by atoms with Gasteiger partial charge in [0.15, 0.2) is 0 Å². The van der Waals surface area contributed by atoms with Crippen molar-refractivity contribution in [1.82, 2.24) is 0 Å². The first-order valence-corrected chi connectivity index (χ1v) is 5.97. The maximum atomic E-state index is 5.98. The highest BCUT2D eigenvalue weighted by atomic mass is 16.3. The number of nitrogens with two attached hydrogens (primary N) is 1. The van der Waals surface area contributed by atoms with Crippen LogP contribution in [0.3, 0.4) is 0 Å². The van der Waals surface area contributed by atoms with Gasteiger partial charge in [-0.15, -0.1) is 0 Å². The van der Waals surface area contributed by atoms with Crippen molar-refractivity contribution < 1.29 is 4.42 Å². The summed E-state index contributed by atoms with van der Waals surface area (Å²) in [6, 6.07) is 4.03. The monoisotopic (exact) mass is 207 g/mol. The van der Waals surface area contributed by atoms with Crippen LogP contribution in [0.1, 0.15) is 38.4 Å². The van der Waals surface area contributed by atoms with E-state index in [9.17, 15) is 0 Å². The fraction of sp³-hybridized carbons (Fsp3) is 0.692. The summed E-state index contributed by atoms with van der Waals surface area (Å²) in [6.07, 6.45) is 7.96. The lowest BCUT2D eigenvalue weighted by atomic mass is 9.68. The molecule has 84 valence electrons. The molecule has 1 aliphatic carbocycles. The Balaban J connectivity index is 2.07. The second-order valence-electron chi connectivity index (χ2n) is 5.16. The lowest BCUT2D eigenvalue weighted by Gasteiger charge is -2.38. The van der Waals surface area contributed by atoms with E-state index in [0.29, 0.717) is 5.41 Å². The van der Waals surface area contributed by atoms with Crippen LogP contribution in [0.25, 0.3) is 0 Å². The maximum Gasteiger partial charge on any atom is 0.104 e. The molecule has 0 aliphatic heterocycles. The molecular weight excluding hydrogens is 186 g/mol. The van der Waals surface area contributed by atoms with E-state index in [-0.39, 0.29) is 0 Å². The lowest BCUT2D eigenvalue weighted by Crippen LogP contribution is -2.37. The Morgan fingerprint density at radius 2 is 2.47 bits per heavy atom. The van der Waals surface area contributed by atoms with Crippen LogP contribution in [0.15, 0.2) is 22.8 Å². The van der Waals surface area contributed by atoms with E-state index in [1.807, 2.05) is 6.07 Å². The van der Waals surface area contributed by atoms with E-state index in [1.165, 1.54) is 25.7 Å². The Bertz CT molecular complexity index is 293. The van der Waals surface area contributed by atoms with Gasteiger partial charge >= 0.3 is 0 Å². The number of furan rings is 1. The molecule has 2 nitrogen and oxygen atoms in total. The van der Waals surface area contributed by atoms with Crippen LogP contribution < -0.4 is 5.73 Å². The van der Waals surface area contributed by atoms with Gasteiger partial charge in [0.2, 0.25) is 0 Å². The normalized spacial score (nSPS) is 31.7. The van der Waals surface area contributed by atoms with Gasteiger partial charge < -0.3 is 10.2 Å². The molecule has 2 N–H and O–H groups in total. The number of hydrogen-bond acceptors (Lipinski definition) is 2. The average Bonchev–Trinajstić information content (AvgIpc) is 2.70. The molecule has 1 aliphatic rings. The highest BCUT2D eigenvalue weighted by Gasteiger charge is 2.34. The second kappa shape index (κ2) is 4.40. The molecule has 0 radical (unpaired) electrons. The summed E-state index contributed by atoms with van der Waals surface area (Å²) in [4.78, 5) is 0. The molecule has 0 spiro atoms. The van der Waals surface area contributed by atoms with Crippen molar-refractivity contribution in [3.8, 4) is 0 Å². The molecule has 2 atom stereocenters. The molecule has 1 fully saturated rings. The van der Waals surface area contributed by atoms with E-state index < -0.39 is 0 Å². The zero-order valence-electron chi connectivity index (χ0n) is 9.54. The van der Waals surface area contributed by atoms with Gasteiger partial charge in [-0.25, -0.2) is 0 Å². The zero-order valence-corrected chi connectivity index (χ0v) is 9.54. The summed E-state index contributed by atoms with van der Waals surface area (Å²) in [5, 5.41) is 0. The first-order valence-electron chi connectivity index (χ1n) is 5.97. The van der Waals surface area contributed by atoms with Gasteiger partial charge in [-0.05, 0) is 42.9 Å². The summed E-state index contributed by atoms with van der Waals surface area (Å²) >= 11 is 0. The molecule has 2 heteroatoms. The molecule has 0 bridgehead atoms. The van der Waals surface area contributed by atoms with Gasteiger partial charge in [0, 0.05) is 6.42 Å². The molecule has 0 amide bonds. The van der Waals surface area contributed by atoms with E-state index in [4.69, 9.17) is 10.2 Å². The molecular formula is C13H21NO. The summed E-state index contributed by atoms with van der Waals surface area (Å²) in [6.45, 7) is 3.13. The molecule has 2 rings (SSSR count). The summed E-state index contributed by atoms with van der Waals surface area (Å²) in [5.41, 5.74) is 6.28. The molecule has 0 saturated heterocycles. The minimum absolute atomic E-state index is 0.301. The Kier molecular flexibility index (Phi) is 3.15. The number of rotatable bonds is 3. The highest BCUT2D eigenvalue weighted by Crippen LogP contribution is 2.41. The quantitative estimate of drug-likeness (QED) is 0.827. The smallest absolute Gasteiger partial charge is 0.104 e. The van der Waals surface area contributed by atoms with Crippen LogP contribution in [0, 0.1) is 11.3 Å². The van der Waals surface area contributed by atoms with E-state index in [0.717, 1.165) is 24.6 Å². The van der Waals surface area contributed by atoms with Crippen LogP contribution in [0.5, 0.6) is 0 Å². The van der Waals surface area contributed by atoms with E-state index in [1.54, 1.807) is 6.26 Å². The van der Waals surface area contributed by atoms with Crippen LogP contribution in [-0.4, -0.2) is 6.54 Å². The van der Waals surface area contributed by atoms with Gasteiger partial charge in [-0.3, -0.25) is 0 Å². The van der Waals surface area contributed by atoms with Gasteiger partial charge in [0.1, 0.15) is 5.76 Å². The lowest BCUT2D eigenvalue weighted by molar-refractivity contribution is 0.145. The Labute approximate surface area is 91.8 Å². The SMILES string of the molecule is CC1CCCC(CN)(Cc2ccco2)C1. The first kappa shape index (κ1) is 10.7. The fourth-order valence-corrected chi connectivity index (χ4v) is 2.97. The van der Waals surface area contributed by atoms with Crippen LogP contribution in [0.4, 0.5) is 0 Å². The molecule has 1 heterocycles. The van der Waals surface area contributed by atoms with Gasteiger partial charge in [0.25, 0.3) is 0 Å². The molecule has 0 aromatic carbocycles. The van der Waals surface area contributed by atoms with Crippen molar-refractivity contribution in [2.75, 3.05) is 6.54 Å². The van der Waals surface area contributed by atoms with Crippen LogP contribution in [0.2, 0.25) is 0 Å². The molecule has 2 unspecified atom stereocenters. The van der Waals surface area contributed by atoms with E-state index >= 15 is 0 Å². The minimum Gasteiger partial charge on any atom is -0.469 e. The third kappa shape index (κ3) is 2.43. The molecule has 1 saturated carbocycles. The topological polar surface area (TPSA) is 39.2 Å². The Morgan fingerprint density at radius 3 is 3.07 bits per heavy atom. The molecule has 1 aromatic rings. The third-order valence-electron chi connectivity index (χ3n) is 3.75. The average molecular weight is 207 g/mol. The fourth-order valence-electron chi connectivity index (χ4n) is 2.97. The summed E-state index contributed by atoms with van der Waals surface area (Å²) in [7, 11) is 0. The first-order chi connectivity index (χ1) is 7.24. The van der Waals surface area contributed by atoms with Crippen molar-refractivity contribution in [2.24, 2.45) is 17.1 Å². The molecule has 15 heavy (non-hydrogen) atoms. The summed E-state index contributed by atoms with van der Waals surface area (Å²) in [5.74, 6) is 1.91. The highest BCUT2D eigenvalue weighted by molar-refractivity contribution is 5.03. The number of hydrogen-bond donors (Lipinski definition) is 1. The maximum absolute atomic E-state index is 5.98. The van der Waals surface area contributed by atoms with Crippen LogP contribution >= 0.6 is 0 Å². The van der Waals surface area contributed by atoms with Gasteiger partial charge in [-0.2, -0.15) is 0 Å². The predicted octanol–water partition coefficient (Wildman–Crippen LogP) is 2.98. The third-order valence-corrected chi connectivity index (χ3v) is 3.75. The Morgan fingerprint density at radius 1 is 1.60 bits per heavy atom. The van der Waals surface area contributed by atoms with E-state index in [2.05, 4.69) is 13.0 Å². The van der Waals surface area contributed by atoms with Crippen molar-refractivity contribution in [2.45, 2.75) is 39.0 Å². The minimum atomic E-state index is 0.301. The van der Waals surface area contributed by atoms with Gasteiger partial charge in [0.05, 0.1) is 6.26 Å². The van der Waals surface area contributed by atoms with Crippen molar-refractivity contribution in [1.29, 1.82) is 0 Å². The van der Waals surface area contributed by atoms with Crippen molar-refractivity contribution >= 4 is 0 Å². The molecule has 1 aromatic heterocycles. The predicted molar refractivity (Wildman–Crippen MR) is 61.5 cm³/mol. The van der Waals surface area contributed by atoms with Gasteiger partial charge in [-0.1, -0.05) is 19.8 Å². The van der Waals surface area contributed by atoms with Crippen molar-refractivity contribution in [3.05, 3.63) is 24.2 Å². The summed E-state index contributed by atoms with van der Waals surface area (Å²) < 4.78 is 5.44.